The Balaban J connectivity index is 1.87. The average Bonchev–Trinajstić information content (AvgIpc) is 2.64. The molecule has 0 amide bonds. The van der Waals surface area contributed by atoms with Crippen molar-refractivity contribution in [1.82, 2.24) is 19.9 Å². The van der Waals surface area contributed by atoms with Crippen LogP contribution in [0.3, 0.4) is 0 Å². The van der Waals surface area contributed by atoms with Crippen LogP contribution >= 0.6 is 0 Å². The Morgan fingerprint density at radius 2 is 2.00 bits per heavy atom. The van der Waals surface area contributed by atoms with Gasteiger partial charge in [0.2, 0.25) is 0 Å². The molecule has 0 radical (unpaired) electrons. The highest BCUT2D eigenvalue weighted by Gasteiger charge is 2.50. The van der Waals surface area contributed by atoms with Gasteiger partial charge in [0.05, 0.1) is 0 Å². The van der Waals surface area contributed by atoms with Gasteiger partial charge in [0.1, 0.15) is 5.82 Å². The molecule has 1 aromatic heterocycles. The smallest absolute Gasteiger partial charge is 0.363 e. The topological polar surface area (TPSA) is 89.9 Å². The Morgan fingerprint density at radius 1 is 1.36 bits per heavy atom. The molecule has 0 aliphatic carbocycles. The normalized spacial score (nSPS) is 17.4. The van der Waals surface area contributed by atoms with E-state index < -0.39 is 15.5 Å². The molecule has 2 rings (SSSR count). The van der Waals surface area contributed by atoms with Crippen molar-refractivity contribution in [2.75, 3.05) is 39.1 Å². The van der Waals surface area contributed by atoms with Gasteiger partial charge in [-0.05, 0) is 30.5 Å². The Kier molecular flexibility index (Phi) is 7.10. The lowest BCUT2D eigenvalue weighted by molar-refractivity contribution is -0.0494. The molecule has 28 heavy (non-hydrogen) atoms. The van der Waals surface area contributed by atoms with E-state index in [1.54, 1.807) is 13.2 Å². The average molecular weight is 422 g/mol. The first-order valence-electron chi connectivity index (χ1n) is 8.70. The highest BCUT2D eigenvalue weighted by molar-refractivity contribution is 7.90. The second-order valence-electron chi connectivity index (χ2n) is 6.61. The van der Waals surface area contributed by atoms with E-state index >= 15 is 0 Å². The van der Waals surface area contributed by atoms with Crippen LogP contribution in [0.15, 0.2) is 23.3 Å². The van der Waals surface area contributed by atoms with Gasteiger partial charge in [-0.2, -0.15) is 17.5 Å². The van der Waals surface area contributed by atoms with Crippen LogP contribution in [-0.2, 0) is 16.6 Å². The monoisotopic (exact) mass is 422 g/mol. The van der Waals surface area contributed by atoms with Gasteiger partial charge in [0, 0.05) is 53.0 Å². The largest absolute Gasteiger partial charge is 0.511 e. The summed E-state index contributed by atoms with van der Waals surface area (Å²) < 4.78 is 61.3. The summed E-state index contributed by atoms with van der Waals surface area (Å²) in [7, 11) is 0.117. The third-order valence-electron chi connectivity index (χ3n) is 4.38. The van der Waals surface area contributed by atoms with E-state index in [9.17, 15) is 21.6 Å². The molecular formula is C16H25F3N6O2S. The predicted octanol–water partition coefficient (Wildman–Crippen LogP) is 1.13. The van der Waals surface area contributed by atoms with Crippen LogP contribution in [0.5, 0.6) is 0 Å². The van der Waals surface area contributed by atoms with Crippen LogP contribution < -0.4 is 15.5 Å². The van der Waals surface area contributed by atoms with Gasteiger partial charge in [-0.25, -0.2) is 13.4 Å². The van der Waals surface area contributed by atoms with E-state index in [-0.39, 0.29) is 32.0 Å². The molecule has 0 spiro atoms. The van der Waals surface area contributed by atoms with Crippen LogP contribution in [0, 0.1) is 0 Å². The Bertz CT molecular complexity index is 790. The number of sulfonamides is 1. The molecule has 12 heteroatoms. The maximum Gasteiger partial charge on any atom is 0.511 e. The molecule has 1 saturated heterocycles. The van der Waals surface area contributed by atoms with Gasteiger partial charge in [0.15, 0.2) is 5.96 Å². The highest BCUT2D eigenvalue weighted by Crippen LogP contribution is 2.28. The number of piperidine rings is 1. The molecule has 0 unspecified atom stereocenters. The van der Waals surface area contributed by atoms with Gasteiger partial charge >= 0.3 is 15.5 Å². The second-order valence-corrected chi connectivity index (χ2v) is 8.54. The number of alkyl halides is 3. The first-order valence-corrected chi connectivity index (χ1v) is 10.1. The summed E-state index contributed by atoms with van der Waals surface area (Å²) in [6.07, 6.45) is 2.23. The van der Waals surface area contributed by atoms with Crippen LogP contribution in [0.2, 0.25) is 0 Å². The van der Waals surface area contributed by atoms with Crippen molar-refractivity contribution in [1.29, 1.82) is 0 Å². The van der Waals surface area contributed by atoms with Gasteiger partial charge in [-0.3, -0.25) is 4.99 Å². The summed E-state index contributed by atoms with van der Waals surface area (Å²) >= 11 is 0. The quantitative estimate of drug-likeness (QED) is 0.546. The Labute approximate surface area is 162 Å². The standard InChI is InChI=1S/C16H25F3N6O2S/c1-20-15(22-11-12-4-7-21-14(10-12)24(2)3)23-13-5-8-25(9-6-13)28(26,27)16(17,18)19/h4,7,10,13H,5-6,8-9,11H2,1-3H3,(H2,20,22,23). The van der Waals surface area contributed by atoms with Gasteiger partial charge in [-0.15, -0.1) is 0 Å². The minimum atomic E-state index is -5.26. The first-order chi connectivity index (χ1) is 13.0. The number of halogens is 3. The number of nitrogens with one attached hydrogen (secondary N) is 2. The number of hydrogen-bond acceptors (Lipinski definition) is 5. The minimum absolute atomic E-state index is 0.166. The maximum atomic E-state index is 12.6. The molecule has 0 saturated carbocycles. The predicted molar refractivity (Wildman–Crippen MR) is 101 cm³/mol. The van der Waals surface area contributed by atoms with E-state index in [1.165, 1.54) is 0 Å². The fourth-order valence-corrected chi connectivity index (χ4v) is 3.76. The molecule has 1 aromatic rings. The number of aromatic nitrogens is 1. The maximum absolute atomic E-state index is 12.6. The van der Waals surface area contributed by atoms with E-state index in [4.69, 9.17) is 0 Å². The number of anilines is 1. The second kappa shape index (κ2) is 8.95. The van der Waals surface area contributed by atoms with Crippen LogP contribution in [0.25, 0.3) is 0 Å². The van der Waals surface area contributed by atoms with E-state index in [0.29, 0.717) is 16.8 Å². The molecule has 0 bridgehead atoms. The van der Waals surface area contributed by atoms with Gasteiger partial charge in [0.25, 0.3) is 0 Å². The molecule has 0 atom stereocenters. The van der Waals surface area contributed by atoms with Crippen LogP contribution in [0.4, 0.5) is 19.0 Å². The van der Waals surface area contributed by atoms with Crippen molar-refractivity contribution in [2.45, 2.75) is 30.9 Å². The van der Waals surface area contributed by atoms with Gasteiger partial charge < -0.3 is 15.5 Å². The van der Waals surface area contributed by atoms with Gasteiger partial charge in [-0.1, -0.05) is 0 Å². The zero-order chi connectivity index (χ0) is 20.9. The van der Waals surface area contributed by atoms with Crippen LogP contribution in [-0.4, -0.2) is 69.4 Å². The third-order valence-corrected chi connectivity index (χ3v) is 6.01. The molecule has 1 aliphatic rings. The Hall–Kier alpha value is -2.08. The molecule has 8 nitrogen and oxygen atoms in total. The minimum Gasteiger partial charge on any atom is -0.363 e. The summed E-state index contributed by atoms with van der Waals surface area (Å²) in [4.78, 5) is 10.2. The van der Waals surface area contributed by atoms with Crippen LogP contribution in [0.1, 0.15) is 18.4 Å². The lowest BCUT2D eigenvalue weighted by Crippen LogP contribution is -2.51. The van der Waals surface area contributed by atoms with E-state index in [1.807, 2.05) is 31.1 Å². The SMILES string of the molecule is CN=C(NCc1ccnc(N(C)C)c1)NC1CCN(S(=O)(=O)C(F)(F)F)CC1. The van der Waals surface area contributed by atoms with Crippen molar-refractivity contribution >= 4 is 21.8 Å². The zero-order valence-corrected chi connectivity index (χ0v) is 16.8. The summed E-state index contributed by atoms with van der Waals surface area (Å²) in [5.74, 6) is 1.32. The molecular weight excluding hydrogens is 397 g/mol. The lowest BCUT2D eigenvalue weighted by Gasteiger charge is -2.32. The van der Waals surface area contributed by atoms with Crippen molar-refractivity contribution < 1.29 is 21.6 Å². The van der Waals surface area contributed by atoms with Crippen molar-refractivity contribution in [3.8, 4) is 0 Å². The third kappa shape index (κ3) is 5.47. The molecule has 2 heterocycles. The highest BCUT2D eigenvalue weighted by atomic mass is 32.2. The molecule has 1 fully saturated rings. The molecule has 0 aromatic carbocycles. The number of hydrogen-bond donors (Lipinski definition) is 2. The number of rotatable bonds is 5. The lowest BCUT2D eigenvalue weighted by atomic mass is 10.1. The molecule has 2 N–H and O–H groups in total. The summed E-state index contributed by atoms with van der Waals surface area (Å²) in [6, 6.07) is 3.63. The number of nitrogens with zero attached hydrogens (tertiary/aromatic N) is 4. The summed E-state index contributed by atoms with van der Waals surface area (Å²) in [5.41, 5.74) is -4.27. The Morgan fingerprint density at radius 3 is 2.54 bits per heavy atom. The number of pyridine rings is 1. The van der Waals surface area contributed by atoms with Crippen molar-refractivity contribution in [3.63, 3.8) is 0 Å². The summed E-state index contributed by atoms with van der Waals surface area (Å²) in [6.45, 7) is 0.116. The van der Waals surface area contributed by atoms with Crippen molar-refractivity contribution in [2.24, 2.45) is 4.99 Å². The fraction of sp³-hybridized carbons (Fsp3) is 0.625. The summed E-state index contributed by atoms with van der Waals surface area (Å²) in [5, 5.41) is 6.28. The number of aliphatic imine (C=N–C) groups is 1. The first kappa shape index (κ1) is 22.2. The van der Waals surface area contributed by atoms with E-state index in [2.05, 4.69) is 20.6 Å². The number of guanidine groups is 1. The molecule has 1 aliphatic heterocycles. The fourth-order valence-electron chi connectivity index (χ4n) is 2.78. The van der Waals surface area contributed by atoms with Crippen molar-refractivity contribution in [3.05, 3.63) is 23.9 Å². The van der Waals surface area contributed by atoms with E-state index in [0.717, 1.165) is 11.4 Å². The zero-order valence-electron chi connectivity index (χ0n) is 16.0. The molecule has 158 valence electrons.